The van der Waals surface area contributed by atoms with Gasteiger partial charge in [0.25, 0.3) is 0 Å². The van der Waals surface area contributed by atoms with Crippen LogP contribution in [0, 0.1) is 11.3 Å². The summed E-state index contributed by atoms with van der Waals surface area (Å²) in [6, 6.07) is 4.91. The lowest BCUT2D eigenvalue weighted by atomic mass is 9.70. The Morgan fingerprint density at radius 1 is 1.29 bits per heavy atom. The van der Waals surface area contributed by atoms with Gasteiger partial charge in [0, 0.05) is 19.1 Å². The maximum Gasteiger partial charge on any atom is 0.117 e. The van der Waals surface area contributed by atoms with E-state index < -0.39 is 0 Å². The Kier molecular flexibility index (Phi) is 4.70. The first-order valence-electron chi connectivity index (χ1n) is 8.62. The van der Waals surface area contributed by atoms with Crippen LogP contribution in [0.2, 0.25) is 0 Å². The maximum atomic E-state index is 5.58. The smallest absolute Gasteiger partial charge is 0.117 e. The number of nitrogens with zero attached hydrogens (tertiary/aromatic N) is 1. The molecule has 3 rings (SSSR count). The van der Waals surface area contributed by atoms with Gasteiger partial charge in [-0.15, -0.1) is 0 Å². The number of rotatable bonds is 7. The molecule has 2 saturated carbocycles. The van der Waals surface area contributed by atoms with E-state index in [9.17, 15) is 0 Å². The van der Waals surface area contributed by atoms with Crippen molar-refractivity contribution in [2.24, 2.45) is 11.3 Å². The largest absolute Gasteiger partial charge is 0.468 e. The minimum Gasteiger partial charge on any atom is -0.468 e. The molecule has 0 aliphatic heterocycles. The van der Waals surface area contributed by atoms with E-state index in [1.807, 2.05) is 6.07 Å². The van der Waals surface area contributed by atoms with Gasteiger partial charge in [0.05, 0.1) is 12.8 Å². The first kappa shape index (κ1) is 15.1. The summed E-state index contributed by atoms with van der Waals surface area (Å²) >= 11 is 0. The molecule has 118 valence electrons. The summed E-state index contributed by atoms with van der Waals surface area (Å²) in [5, 5.41) is 3.47. The second-order valence-electron chi connectivity index (χ2n) is 7.43. The van der Waals surface area contributed by atoms with Crippen LogP contribution in [0.4, 0.5) is 0 Å². The molecule has 0 saturated heterocycles. The molecule has 2 fully saturated rings. The molecule has 3 heteroatoms. The van der Waals surface area contributed by atoms with Gasteiger partial charge in [0.1, 0.15) is 5.76 Å². The van der Waals surface area contributed by atoms with Crippen LogP contribution in [0.15, 0.2) is 22.8 Å². The minimum atomic E-state index is 0.469. The van der Waals surface area contributed by atoms with E-state index in [-0.39, 0.29) is 0 Å². The van der Waals surface area contributed by atoms with E-state index >= 15 is 0 Å². The third-order valence-electron chi connectivity index (χ3n) is 5.43. The van der Waals surface area contributed by atoms with E-state index in [1.165, 1.54) is 45.1 Å². The topological polar surface area (TPSA) is 28.4 Å². The molecule has 21 heavy (non-hydrogen) atoms. The number of hydrogen-bond acceptors (Lipinski definition) is 3. The fourth-order valence-electron chi connectivity index (χ4n) is 3.93. The zero-order valence-corrected chi connectivity index (χ0v) is 13.6. The van der Waals surface area contributed by atoms with Crippen molar-refractivity contribution >= 4 is 0 Å². The monoisotopic (exact) mass is 290 g/mol. The normalized spacial score (nSPS) is 30.0. The average molecular weight is 290 g/mol. The second kappa shape index (κ2) is 6.53. The molecule has 0 atom stereocenters. The summed E-state index contributed by atoms with van der Waals surface area (Å²) in [6.45, 7) is 5.77. The third-order valence-corrected chi connectivity index (χ3v) is 5.43. The highest BCUT2D eigenvalue weighted by atomic mass is 16.3. The van der Waals surface area contributed by atoms with E-state index in [0.29, 0.717) is 5.41 Å². The van der Waals surface area contributed by atoms with Gasteiger partial charge in [0.15, 0.2) is 0 Å². The van der Waals surface area contributed by atoms with Gasteiger partial charge < -0.3 is 9.73 Å². The fourth-order valence-corrected chi connectivity index (χ4v) is 3.93. The van der Waals surface area contributed by atoms with Crippen LogP contribution < -0.4 is 5.32 Å². The lowest BCUT2D eigenvalue weighted by Gasteiger charge is -2.43. The minimum absolute atomic E-state index is 0.469. The zero-order chi connectivity index (χ0) is 14.7. The highest BCUT2D eigenvalue weighted by Crippen LogP contribution is 2.41. The quantitative estimate of drug-likeness (QED) is 0.830. The molecule has 1 heterocycles. The van der Waals surface area contributed by atoms with E-state index in [0.717, 1.165) is 30.8 Å². The Morgan fingerprint density at radius 2 is 2.05 bits per heavy atom. The van der Waals surface area contributed by atoms with Crippen molar-refractivity contribution in [2.75, 3.05) is 20.1 Å². The lowest BCUT2D eigenvalue weighted by molar-refractivity contribution is 0.0760. The van der Waals surface area contributed by atoms with Gasteiger partial charge in [-0.05, 0) is 56.2 Å². The molecule has 2 aliphatic rings. The van der Waals surface area contributed by atoms with Crippen LogP contribution in [0.25, 0.3) is 0 Å². The third kappa shape index (κ3) is 3.89. The Morgan fingerprint density at radius 3 is 2.62 bits per heavy atom. The Labute approximate surface area is 129 Å². The van der Waals surface area contributed by atoms with Gasteiger partial charge >= 0.3 is 0 Å². The molecule has 0 spiro atoms. The fraction of sp³-hybridized carbons (Fsp3) is 0.778. The van der Waals surface area contributed by atoms with Crippen molar-refractivity contribution < 1.29 is 4.42 Å². The van der Waals surface area contributed by atoms with Crippen molar-refractivity contribution in [3.63, 3.8) is 0 Å². The first-order valence-corrected chi connectivity index (χ1v) is 8.62. The van der Waals surface area contributed by atoms with Crippen molar-refractivity contribution in [3.8, 4) is 0 Å². The molecule has 1 aromatic rings. The zero-order valence-electron chi connectivity index (χ0n) is 13.6. The van der Waals surface area contributed by atoms with Crippen LogP contribution in [0.3, 0.4) is 0 Å². The predicted molar refractivity (Wildman–Crippen MR) is 86.1 cm³/mol. The van der Waals surface area contributed by atoms with E-state index in [4.69, 9.17) is 4.42 Å². The van der Waals surface area contributed by atoms with Crippen LogP contribution in [0.5, 0.6) is 0 Å². The van der Waals surface area contributed by atoms with Crippen molar-refractivity contribution in [2.45, 2.75) is 58.0 Å². The van der Waals surface area contributed by atoms with Crippen LogP contribution in [0.1, 0.15) is 51.2 Å². The predicted octanol–water partition coefficient (Wildman–Crippen LogP) is 3.66. The summed E-state index contributed by atoms with van der Waals surface area (Å²) in [7, 11) is 2.10. The molecule has 0 aromatic carbocycles. The van der Waals surface area contributed by atoms with Crippen LogP contribution >= 0.6 is 0 Å². The molecule has 3 nitrogen and oxygen atoms in total. The van der Waals surface area contributed by atoms with Gasteiger partial charge in [-0.25, -0.2) is 0 Å². The van der Waals surface area contributed by atoms with Crippen molar-refractivity contribution in [1.82, 2.24) is 10.2 Å². The van der Waals surface area contributed by atoms with Crippen LogP contribution in [-0.2, 0) is 6.54 Å². The van der Waals surface area contributed by atoms with E-state index in [1.54, 1.807) is 6.26 Å². The first-order chi connectivity index (χ1) is 10.2. The molecule has 1 N–H and O–H groups in total. The molecule has 2 aliphatic carbocycles. The van der Waals surface area contributed by atoms with Gasteiger partial charge in [-0.3, -0.25) is 4.90 Å². The summed E-state index contributed by atoms with van der Waals surface area (Å²) in [4.78, 5) is 2.69. The number of hydrogen-bond donors (Lipinski definition) is 1. The highest BCUT2D eigenvalue weighted by Gasteiger charge is 2.39. The summed E-state index contributed by atoms with van der Waals surface area (Å²) < 4.78 is 5.58. The molecule has 0 bridgehead atoms. The summed E-state index contributed by atoms with van der Waals surface area (Å²) in [5.74, 6) is 2.03. The average Bonchev–Trinajstić information content (AvgIpc) is 3.20. The Bertz CT molecular complexity index is 416. The Hall–Kier alpha value is -0.800. The molecule has 0 radical (unpaired) electrons. The van der Waals surface area contributed by atoms with Crippen LogP contribution in [-0.4, -0.2) is 31.1 Å². The summed E-state index contributed by atoms with van der Waals surface area (Å²) in [6.07, 6.45) is 10.1. The highest BCUT2D eigenvalue weighted by molar-refractivity contribution is 5.01. The SMILES string of the molecule is CNCC1(CN(Cc2ccco2)C2CC2)CCC(C)CC1. The number of furan rings is 1. The standard InChI is InChI=1S/C18H30N2O/c1-15-7-9-18(10-8-15,13-19-2)14-20(16-5-6-16)12-17-4-3-11-21-17/h3-4,11,15-16,19H,5-10,12-14H2,1-2H3. The Balaban J connectivity index is 1.67. The molecular weight excluding hydrogens is 260 g/mol. The molecule has 0 unspecified atom stereocenters. The van der Waals surface area contributed by atoms with Crippen molar-refractivity contribution in [1.29, 1.82) is 0 Å². The second-order valence-corrected chi connectivity index (χ2v) is 7.43. The van der Waals surface area contributed by atoms with Crippen molar-refractivity contribution in [3.05, 3.63) is 24.2 Å². The van der Waals surface area contributed by atoms with Gasteiger partial charge in [-0.1, -0.05) is 19.8 Å². The maximum absolute atomic E-state index is 5.58. The molecule has 0 amide bonds. The number of nitrogens with one attached hydrogen (secondary N) is 1. The molecular formula is C18H30N2O. The van der Waals surface area contributed by atoms with Gasteiger partial charge in [-0.2, -0.15) is 0 Å². The lowest BCUT2D eigenvalue weighted by Crippen LogP contribution is -2.46. The molecule has 1 aromatic heterocycles. The summed E-state index contributed by atoms with van der Waals surface area (Å²) in [5.41, 5.74) is 0.469. The van der Waals surface area contributed by atoms with E-state index in [2.05, 4.69) is 30.3 Å². The van der Waals surface area contributed by atoms with Gasteiger partial charge in [0.2, 0.25) is 0 Å².